The van der Waals surface area contributed by atoms with Crippen molar-refractivity contribution in [3.63, 3.8) is 0 Å². The van der Waals surface area contributed by atoms with Gasteiger partial charge in [-0.15, -0.1) is 0 Å². The van der Waals surface area contributed by atoms with E-state index in [0.717, 1.165) is 45.4 Å². The molecular weight excluding hydrogens is 853 g/mol. The summed E-state index contributed by atoms with van der Waals surface area (Å²) >= 11 is 0. The number of carbonyl (C=O) groups is 6. The van der Waals surface area contributed by atoms with Crippen LogP contribution in [-0.2, 0) is 9.59 Å². The van der Waals surface area contributed by atoms with Crippen molar-refractivity contribution in [2.45, 2.75) is 27.7 Å². The molecule has 8 rings (SSSR count). The Hall–Kier alpha value is -6.78. The van der Waals surface area contributed by atoms with E-state index in [2.05, 4.69) is 15.5 Å². The molecule has 2 aliphatic rings. The molecule has 67 heavy (non-hydrogen) atoms. The maximum Gasteiger partial charge on any atom is 0.303 e. The number of ether oxygens (including phenoxy) is 2. The fraction of sp³-hybridized carbons (Fsp3) is 0.346. The molecule has 3 N–H and O–H groups in total. The number of carboxylic acid groups (broad SMARTS) is 1. The fourth-order valence-electron chi connectivity index (χ4n) is 8.52. The first-order chi connectivity index (χ1) is 31.4. The van der Waals surface area contributed by atoms with Crippen molar-refractivity contribution < 1.29 is 43.3 Å². The van der Waals surface area contributed by atoms with Crippen LogP contribution in [0.5, 0.6) is 11.5 Å². The minimum Gasteiger partial charge on any atom is -0.496 e. The van der Waals surface area contributed by atoms with E-state index in [9.17, 15) is 28.8 Å². The summed E-state index contributed by atoms with van der Waals surface area (Å²) in [6, 6.07) is 26.4. The molecule has 4 amide bonds. The number of amides is 4. The molecule has 2 aliphatic heterocycles. The number of carboxylic acids is 1. The summed E-state index contributed by atoms with van der Waals surface area (Å²) in [6.45, 7) is 4.59. The second-order valence-corrected chi connectivity index (χ2v) is 16.3. The Kier molecular flexibility index (Phi) is 17.3. The van der Waals surface area contributed by atoms with E-state index in [4.69, 9.17) is 14.6 Å². The minimum atomic E-state index is -0.990. The second-order valence-electron chi connectivity index (χ2n) is 16.3. The third-order valence-electron chi connectivity index (χ3n) is 12.0. The van der Waals surface area contributed by atoms with Crippen molar-refractivity contribution >= 4 is 78.5 Å². The van der Waals surface area contributed by atoms with Gasteiger partial charge in [-0.25, -0.2) is 0 Å². The highest BCUT2D eigenvalue weighted by molar-refractivity contribution is 6.32. The van der Waals surface area contributed by atoms with Gasteiger partial charge >= 0.3 is 5.97 Å². The van der Waals surface area contributed by atoms with Gasteiger partial charge in [0.1, 0.15) is 17.3 Å². The third-order valence-corrected chi connectivity index (χ3v) is 12.0. The predicted octanol–water partition coefficient (Wildman–Crippen LogP) is 6.57. The Morgan fingerprint density at radius 2 is 1.04 bits per heavy atom. The summed E-state index contributed by atoms with van der Waals surface area (Å²) < 4.78 is 11.0. The average molecular weight is 915 g/mol. The Bertz CT molecular complexity index is 2850. The van der Waals surface area contributed by atoms with Crippen molar-refractivity contribution in [3.05, 3.63) is 107 Å². The number of aliphatic carboxylic acids is 1. The Morgan fingerprint density at radius 1 is 0.597 bits per heavy atom. The summed E-state index contributed by atoms with van der Waals surface area (Å²) in [6.07, 6.45) is -0.163. The maximum atomic E-state index is 13.6. The zero-order valence-electron chi connectivity index (χ0n) is 37.4. The first-order valence-corrected chi connectivity index (χ1v) is 21.6. The Balaban J connectivity index is 0.000000249. The lowest BCUT2D eigenvalue weighted by Gasteiger charge is -2.30. The van der Waals surface area contributed by atoms with Crippen LogP contribution in [0.3, 0.4) is 0 Å². The van der Waals surface area contributed by atoms with E-state index in [0.29, 0.717) is 77.2 Å². The number of hydrogen-bond donors (Lipinski definition) is 3. The van der Waals surface area contributed by atoms with Gasteiger partial charge in [-0.05, 0) is 79.1 Å². The highest BCUT2D eigenvalue weighted by Gasteiger charge is 2.36. The number of imide groups is 2. The van der Waals surface area contributed by atoms with Crippen molar-refractivity contribution in [3.8, 4) is 11.5 Å². The van der Waals surface area contributed by atoms with Gasteiger partial charge in [0.05, 0.1) is 38.3 Å². The molecule has 0 radical (unpaired) electrons. The van der Waals surface area contributed by atoms with Crippen molar-refractivity contribution in [1.82, 2.24) is 30.2 Å². The number of carbonyl (C=O) groups excluding carboxylic acids is 5. The Labute approximate surface area is 391 Å². The normalized spacial score (nSPS) is 13.0. The highest BCUT2D eigenvalue weighted by Crippen LogP contribution is 2.41. The van der Waals surface area contributed by atoms with Crippen LogP contribution in [0, 0.1) is 0 Å². The molecule has 0 saturated heterocycles. The van der Waals surface area contributed by atoms with E-state index in [1.165, 1.54) is 9.80 Å². The molecule has 0 aromatic heterocycles. The van der Waals surface area contributed by atoms with Crippen LogP contribution in [0.4, 0.5) is 0 Å². The number of hydrogen-bond acceptors (Lipinski definition) is 12. The number of ketones is 1. The molecule has 15 heteroatoms. The van der Waals surface area contributed by atoms with Crippen molar-refractivity contribution in [1.29, 1.82) is 0 Å². The van der Waals surface area contributed by atoms with Gasteiger partial charge in [-0.2, -0.15) is 0 Å². The number of Topliss-reactive ketones (excluding diaryl/α,β-unsaturated/α-hetero) is 1. The maximum absolute atomic E-state index is 13.6. The molecule has 354 valence electrons. The number of benzene rings is 6. The van der Waals surface area contributed by atoms with Crippen molar-refractivity contribution in [2.24, 2.45) is 0 Å². The number of nitrogens with zero attached hydrogens (tertiary/aromatic N) is 4. The van der Waals surface area contributed by atoms with Crippen LogP contribution in [0.1, 0.15) is 69.1 Å². The first-order valence-electron chi connectivity index (χ1n) is 21.6. The quantitative estimate of drug-likeness (QED) is 0.0452. The van der Waals surface area contributed by atoms with E-state index in [1.807, 2.05) is 86.7 Å². The van der Waals surface area contributed by atoms with Gasteiger partial charge in [0.2, 0.25) is 0 Å². The first kappa shape index (κ1) is 51.2. The zero-order valence-corrected chi connectivity index (χ0v) is 37.4. The summed E-state index contributed by atoms with van der Waals surface area (Å²) in [5.74, 6) is -0.992. The Morgan fingerprint density at radius 3 is 1.48 bits per heavy atom. The molecule has 6 aromatic rings. The van der Waals surface area contributed by atoms with Crippen molar-refractivity contribution in [2.75, 3.05) is 94.3 Å². The number of fused-ring (bicyclic) bond motifs is 4. The molecule has 0 saturated carbocycles. The van der Waals surface area contributed by atoms with Gasteiger partial charge in [-0.1, -0.05) is 63.4 Å². The van der Waals surface area contributed by atoms with Crippen LogP contribution < -0.4 is 20.1 Å². The van der Waals surface area contributed by atoms with Crippen LogP contribution >= 0.6 is 0 Å². The lowest BCUT2D eigenvalue weighted by Crippen LogP contribution is -2.45. The number of nitrogens with one attached hydrogen (secondary N) is 2. The molecule has 0 spiro atoms. The van der Waals surface area contributed by atoms with E-state index < -0.39 is 5.97 Å². The molecule has 0 aliphatic carbocycles. The lowest BCUT2D eigenvalue weighted by atomic mass is 9.89. The smallest absolute Gasteiger partial charge is 0.303 e. The standard InChI is InChI=1S/C27H29N3O6.C23H25N3O3.2CH4/c1-29(12-11-28-16-18(31)7-10-23(32)33)13-14-30-26(34)20-8-9-22(36-2)21-15-17-5-3-4-6-19(17)25(24(20)21)27(30)35;1-24-10-11-25(2)12-13-26-22(27)17-8-9-19(29-3)18-14-15-6-4-5-7-16(15)21(20(17)18)23(26)28;;/h3-6,8-9,15,28H,7,10-14,16H2,1-2H3,(H,32,33);4-9,14,24H,10-13H2,1-3H3;2*1H4. The van der Waals surface area contributed by atoms with E-state index >= 15 is 0 Å². The minimum absolute atomic E-state index is 0. The number of methoxy groups -OCH3 is 2. The summed E-state index contributed by atoms with van der Waals surface area (Å²) in [5, 5.41) is 21.1. The molecule has 2 heterocycles. The summed E-state index contributed by atoms with van der Waals surface area (Å²) in [7, 11) is 8.95. The molecule has 0 atom stereocenters. The van der Waals surface area contributed by atoms with Gasteiger partial charge in [0, 0.05) is 91.5 Å². The van der Waals surface area contributed by atoms with Gasteiger partial charge in [0.15, 0.2) is 0 Å². The largest absolute Gasteiger partial charge is 0.496 e. The molecule has 0 fully saturated rings. The third kappa shape index (κ3) is 10.6. The number of likely N-dealkylation sites (N-methyl/N-ethyl adjacent to an activating group) is 3. The molecule has 6 aromatic carbocycles. The summed E-state index contributed by atoms with van der Waals surface area (Å²) in [4.78, 5) is 82.7. The fourth-order valence-corrected chi connectivity index (χ4v) is 8.52. The topological polar surface area (TPSA) is 178 Å². The molecule has 0 bridgehead atoms. The van der Waals surface area contributed by atoms with Gasteiger partial charge < -0.3 is 35.0 Å². The average Bonchev–Trinajstić information content (AvgIpc) is 3.31. The SMILES string of the molecule is C.C.CNCCN(C)CCN1C(=O)c2ccc(OC)c3cc4ccccc4c(c23)C1=O.COc1ccc2c3c(c4ccccc4cc13)C(=O)N(CCN(C)CCNCC(=O)CCC(=O)O)C2=O. The summed E-state index contributed by atoms with van der Waals surface area (Å²) in [5.41, 5.74) is 2.14. The van der Waals surface area contributed by atoms with Crippen LogP contribution in [-0.4, -0.2) is 154 Å². The van der Waals surface area contributed by atoms with Crippen LogP contribution in [0.2, 0.25) is 0 Å². The van der Waals surface area contributed by atoms with E-state index in [-0.39, 0.29) is 70.2 Å². The zero-order chi connectivity index (χ0) is 46.4. The molecular formula is C52H62N6O9. The second kappa shape index (κ2) is 22.6. The monoisotopic (exact) mass is 914 g/mol. The van der Waals surface area contributed by atoms with Gasteiger partial charge in [0.25, 0.3) is 23.6 Å². The number of rotatable bonds is 19. The van der Waals surface area contributed by atoms with Crippen LogP contribution in [0.15, 0.2) is 84.9 Å². The predicted molar refractivity (Wildman–Crippen MR) is 264 cm³/mol. The molecule has 0 unspecified atom stereocenters. The van der Waals surface area contributed by atoms with E-state index in [1.54, 1.807) is 38.5 Å². The highest BCUT2D eigenvalue weighted by atomic mass is 16.5. The lowest BCUT2D eigenvalue weighted by molar-refractivity contribution is -0.138. The molecule has 15 nitrogen and oxygen atoms in total. The van der Waals surface area contributed by atoms with Gasteiger partial charge in [-0.3, -0.25) is 38.6 Å². The van der Waals surface area contributed by atoms with Crippen LogP contribution in [0.25, 0.3) is 43.1 Å².